The molecule has 0 radical (unpaired) electrons. The van der Waals surface area contributed by atoms with E-state index in [0.717, 1.165) is 0 Å². The van der Waals surface area contributed by atoms with Gasteiger partial charge in [-0.25, -0.2) is 4.79 Å². The molecule has 19 heavy (non-hydrogen) atoms. The fourth-order valence-electron chi connectivity index (χ4n) is 1.41. The Morgan fingerprint density at radius 3 is 2.47 bits per heavy atom. The maximum absolute atomic E-state index is 11.4. The number of ketones is 1. The molecule has 0 aliphatic heterocycles. The summed E-state index contributed by atoms with van der Waals surface area (Å²) in [6, 6.07) is 2.47. The third-order valence-corrected chi connectivity index (χ3v) is 2.52. The van der Waals surface area contributed by atoms with E-state index >= 15 is 0 Å². The molecule has 1 aromatic rings. The predicted molar refractivity (Wildman–Crippen MR) is 68.9 cm³/mol. The predicted octanol–water partition coefficient (Wildman–Crippen LogP) is 1.96. The second kappa shape index (κ2) is 6.19. The number of carbonyl (C=O) groups is 3. The van der Waals surface area contributed by atoms with Crippen LogP contribution in [0.15, 0.2) is 12.1 Å². The van der Waals surface area contributed by atoms with Crippen LogP contribution in [0.25, 0.3) is 0 Å². The number of benzene rings is 1. The van der Waals surface area contributed by atoms with Crippen LogP contribution in [0, 0.1) is 0 Å². The lowest BCUT2D eigenvalue weighted by Crippen LogP contribution is -2.15. The van der Waals surface area contributed by atoms with Crippen LogP contribution < -0.4 is 10.1 Å². The molecule has 1 amide bonds. The van der Waals surface area contributed by atoms with E-state index in [1.165, 1.54) is 26.2 Å². The lowest BCUT2D eigenvalue weighted by atomic mass is 10.1. The molecule has 0 bridgehead atoms. The highest BCUT2D eigenvalue weighted by Gasteiger charge is 2.16. The van der Waals surface area contributed by atoms with E-state index in [2.05, 4.69) is 5.32 Å². The van der Waals surface area contributed by atoms with E-state index < -0.39 is 11.9 Å². The molecular weight excluding hydrogens is 274 g/mol. The number of hydrogen-bond acceptors (Lipinski definition) is 4. The van der Waals surface area contributed by atoms with Gasteiger partial charge in [-0.1, -0.05) is 11.6 Å². The minimum atomic E-state index is -1.19. The number of rotatable bonds is 5. The van der Waals surface area contributed by atoms with Gasteiger partial charge >= 0.3 is 5.97 Å². The molecule has 1 aromatic carbocycles. The summed E-state index contributed by atoms with van der Waals surface area (Å²) in [5, 5.41) is 11.4. The monoisotopic (exact) mass is 285 g/mol. The summed E-state index contributed by atoms with van der Waals surface area (Å²) in [5.41, 5.74) is 0.0758. The molecule has 1 rings (SSSR count). The van der Waals surface area contributed by atoms with Crippen LogP contribution in [-0.2, 0) is 9.59 Å². The zero-order valence-corrected chi connectivity index (χ0v) is 11.1. The van der Waals surface area contributed by atoms with E-state index in [4.69, 9.17) is 21.4 Å². The Hall–Kier alpha value is -2.08. The number of ether oxygens (including phenoxy) is 1. The third kappa shape index (κ3) is 3.96. The first-order valence-corrected chi connectivity index (χ1v) is 5.63. The van der Waals surface area contributed by atoms with E-state index in [1.54, 1.807) is 0 Å². The van der Waals surface area contributed by atoms with Crippen molar-refractivity contribution < 1.29 is 24.2 Å². The first-order chi connectivity index (χ1) is 8.85. The molecule has 0 aliphatic rings. The highest BCUT2D eigenvalue weighted by Crippen LogP contribution is 2.31. The number of nitrogens with one attached hydrogen (secondary N) is 1. The minimum Gasteiger partial charge on any atom is -0.496 e. The van der Waals surface area contributed by atoms with Crippen molar-refractivity contribution in [2.24, 2.45) is 0 Å². The maximum atomic E-state index is 11.4. The van der Waals surface area contributed by atoms with Crippen LogP contribution in [0.2, 0.25) is 5.02 Å². The minimum absolute atomic E-state index is 0.0510. The number of carbonyl (C=O) groups excluding carboxylic acids is 2. The van der Waals surface area contributed by atoms with Crippen molar-refractivity contribution in [1.29, 1.82) is 0 Å². The first kappa shape index (κ1) is 15.0. The number of aromatic carboxylic acids is 1. The van der Waals surface area contributed by atoms with Crippen LogP contribution in [0.5, 0.6) is 5.75 Å². The highest BCUT2D eigenvalue weighted by molar-refractivity contribution is 6.34. The van der Waals surface area contributed by atoms with Crippen molar-refractivity contribution >= 4 is 34.9 Å². The van der Waals surface area contributed by atoms with Crippen LogP contribution in [0.3, 0.4) is 0 Å². The van der Waals surface area contributed by atoms with Crippen LogP contribution in [0.1, 0.15) is 23.7 Å². The standard InChI is InChI=1S/C12H12ClNO5/c1-6(15)3-11(16)14-9-5-10(19-2)7(12(17)18)4-8(9)13/h4-5H,3H2,1-2H3,(H,14,16)(H,17,18). The molecule has 6 nitrogen and oxygen atoms in total. The Morgan fingerprint density at radius 1 is 1.37 bits per heavy atom. The summed E-state index contributed by atoms with van der Waals surface area (Å²) in [6.45, 7) is 1.29. The molecule has 0 spiro atoms. The summed E-state index contributed by atoms with van der Waals surface area (Å²) in [7, 11) is 1.30. The van der Waals surface area contributed by atoms with Gasteiger partial charge in [0.25, 0.3) is 0 Å². The Bertz CT molecular complexity index is 541. The molecule has 102 valence electrons. The average molecular weight is 286 g/mol. The fraction of sp³-hybridized carbons (Fsp3) is 0.250. The van der Waals surface area contributed by atoms with Gasteiger partial charge in [0.05, 0.1) is 24.2 Å². The zero-order valence-electron chi connectivity index (χ0n) is 10.3. The summed E-state index contributed by atoms with van der Waals surface area (Å²) < 4.78 is 4.91. The molecule has 0 saturated carbocycles. The fourth-order valence-corrected chi connectivity index (χ4v) is 1.62. The van der Waals surface area contributed by atoms with E-state index in [0.29, 0.717) is 0 Å². The lowest BCUT2D eigenvalue weighted by molar-refractivity contribution is -0.124. The summed E-state index contributed by atoms with van der Waals surface area (Å²) in [6.07, 6.45) is -0.278. The van der Waals surface area contributed by atoms with Gasteiger partial charge in [0, 0.05) is 6.07 Å². The summed E-state index contributed by atoms with van der Waals surface area (Å²) >= 11 is 5.86. The molecule has 0 unspecified atom stereocenters. The first-order valence-electron chi connectivity index (χ1n) is 5.25. The van der Waals surface area contributed by atoms with Crippen molar-refractivity contribution in [3.05, 3.63) is 22.7 Å². The molecule has 0 aromatic heterocycles. The lowest BCUT2D eigenvalue weighted by Gasteiger charge is -2.11. The number of anilines is 1. The van der Waals surface area contributed by atoms with Gasteiger partial charge in [0.15, 0.2) is 0 Å². The highest BCUT2D eigenvalue weighted by atomic mass is 35.5. The Morgan fingerprint density at radius 2 is 2.00 bits per heavy atom. The molecule has 2 N–H and O–H groups in total. The van der Waals surface area contributed by atoms with Crippen molar-refractivity contribution in [3.63, 3.8) is 0 Å². The van der Waals surface area contributed by atoms with Crippen molar-refractivity contribution in [3.8, 4) is 5.75 Å². The number of Topliss-reactive ketones (excluding diaryl/α,β-unsaturated/α-hetero) is 1. The number of carboxylic acid groups (broad SMARTS) is 1. The van der Waals surface area contributed by atoms with Gasteiger partial charge in [0.1, 0.15) is 17.1 Å². The normalized spacial score (nSPS) is 9.84. The average Bonchev–Trinajstić information content (AvgIpc) is 2.29. The Balaban J connectivity index is 3.06. The zero-order chi connectivity index (χ0) is 14.6. The summed E-state index contributed by atoms with van der Waals surface area (Å²) in [5.74, 6) is -1.95. The Labute approximate surface area is 114 Å². The maximum Gasteiger partial charge on any atom is 0.339 e. The Kier molecular flexibility index (Phi) is 4.88. The van der Waals surface area contributed by atoms with Gasteiger partial charge < -0.3 is 15.2 Å². The molecule has 0 heterocycles. The third-order valence-electron chi connectivity index (χ3n) is 2.20. The van der Waals surface area contributed by atoms with Gasteiger partial charge in [-0.2, -0.15) is 0 Å². The van der Waals surface area contributed by atoms with E-state index in [1.807, 2.05) is 0 Å². The quantitative estimate of drug-likeness (QED) is 0.807. The molecule has 7 heteroatoms. The van der Waals surface area contributed by atoms with E-state index in [-0.39, 0.29) is 34.2 Å². The second-order valence-corrected chi connectivity index (χ2v) is 4.17. The smallest absolute Gasteiger partial charge is 0.339 e. The number of halogens is 1. The van der Waals surface area contributed by atoms with Crippen LogP contribution >= 0.6 is 11.6 Å². The summed E-state index contributed by atoms with van der Waals surface area (Å²) in [4.78, 5) is 33.2. The van der Waals surface area contributed by atoms with Crippen LogP contribution in [-0.4, -0.2) is 29.9 Å². The SMILES string of the molecule is COc1cc(NC(=O)CC(C)=O)c(Cl)cc1C(=O)O. The topological polar surface area (TPSA) is 92.7 Å². The second-order valence-electron chi connectivity index (χ2n) is 3.76. The number of amides is 1. The number of hydrogen-bond donors (Lipinski definition) is 2. The van der Waals surface area contributed by atoms with Crippen molar-refractivity contribution in [1.82, 2.24) is 0 Å². The molecular formula is C12H12ClNO5. The van der Waals surface area contributed by atoms with Gasteiger partial charge in [-0.05, 0) is 13.0 Å². The largest absolute Gasteiger partial charge is 0.496 e. The number of carboxylic acids is 1. The molecule has 0 atom stereocenters. The van der Waals surface area contributed by atoms with Gasteiger partial charge in [-0.15, -0.1) is 0 Å². The van der Waals surface area contributed by atoms with Crippen LogP contribution in [0.4, 0.5) is 5.69 Å². The van der Waals surface area contributed by atoms with Crippen molar-refractivity contribution in [2.75, 3.05) is 12.4 Å². The van der Waals surface area contributed by atoms with Crippen molar-refractivity contribution in [2.45, 2.75) is 13.3 Å². The molecule has 0 aliphatic carbocycles. The van der Waals surface area contributed by atoms with Gasteiger partial charge in [0.2, 0.25) is 5.91 Å². The number of methoxy groups -OCH3 is 1. The van der Waals surface area contributed by atoms with Gasteiger partial charge in [-0.3, -0.25) is 9.59 Å². The van der Waals surface area contributed by atoms with E-state index in [9.17, 15) is 14.4 Å². The molecule has 0 fully saturated rings. The molecule has 0 saturated heterocycles.